The Kier molecular flexibility index (Phi) is 38.6. The van der Waals surface area contributed by atoms with Gasteiger partial charge in [-0.3, -0.25) is 0 Å². The number of hydrogen-bond donors (Lipinski definition) is 1. The predicted molar refractivity (Wildman–Crippen MR) is 46.7 cm³/mol. The zero-order chi connectivity index (χ0) is 7.54. The first-order chi connectivity index (χ1) is 4.33. The van der Waals surface area contributed by atoms with E-state index in [2.05, 4.69) is 0 Å². The molecular weight excluding hydrogens is 139 g/mol. The molecule has 0 aliphatic rings. The topological polar surface area (TPSA) is 29.5 Å². The number of rotatable bonds is 3. The van der Waals surface area contributed by atoms with Crippen molar-refractivity contribution in [2.75, 3.05) is 19.8 Å². The van der Waals surface area contributed by atoms with Gasteiger partial charge in [-0.15, -0.1) is 0 Å². The monoisotopic (exact) mass is 158 g/mol. The van der Waals surface area contributed by atoms with Gasteiger partial charge < -0.3 is 9.84 Å². The van der Waals surface area contributed by atoms with Crippen LogP contribution in [-0.4, -0.2) is 54.5 Å². The summed E-state index contributed by atoms with van der Waals surface area (Å²) in [5, 5.41) is 7.88. The molecule has 0 amide bonds. The van der Waals surface area contributed by atoms with Crippen molar-refractivity contribution in [1.29, 1.82) is 0 Å². The Hall–Kier alpha value is 0.920. The van der Waals surface area contributed by atoms with Gasteiger partial charge in [0.15, 0.2) is 0 Å². The van der Waals surface area contributed by atoms with Gasteiger partial charge in [0.2, 0.25) is 0 Å². The summed E-state index contributed by atoms with van der Waals surface area (Å²) in [5.41, 5.74) is 0. The van der Waals surface area contributed by atoms with Gasteiger partial charge in [-0.2, -0.15) is 0 Å². The minimum atomic E-state index is 0. The van der Waals surface area contributed by atoms with E-state index in [1.54, 1.807) is 0 Å². The van der Waals surface area contributed by atoms with E-state index < -0.39 is 0 Å². The van der Waals surface area contributed by atoms with E-state index in [-0.39, 0.29) is 29.6 Å². The molecule has 0 spiro atoms. The Bertz CT molecular complexity index is 30.8. The molecule has 0 aliphatic heterocycles. The molecular formula is C7H19NaO2. The molecule has 2 nitrogen and oxygen atoms in total. The standard InChI is InChI=1S/C4H10O.C3H8O.Na.H/c1-3-5-4-2;1-2-3-4;;/h3-4H2,1-2H3;4H,2-3H2,1H3;;. The molecule has 0 atom stereocenters. The number of aliphatic hydroxyl groups is 1. The molecule has 0 heterocycles. The molecule has 0 saturated carbocycles. The van der Waals surface area contributed by atoms with Crippen LogP contribution in [-0.2, 0) is 4.74 Å². The normalized spacial score (nSPS) is 7.20. The van der Waals surface area contributed by atoms with Crippen LogP contribution in [0.25, 0.3) is 0 Å². The Labute approximate surface area is 86.3 Å². The van der Waals surface area contributed by atoms with E-state index in [1.165, 1.54) is 0 Å². The van der Waals surface area contributed by atoms with Crippen LogP contribution in [0.3, 0.4) is 0 Å². The van der Waals surface area contributed by atoms with Gasteiger partial charge in [0.1, 0.15) is 0 Å². The molecule has 0 aromatic carbocycles. The van der Waals surface area contributed by atoms with Gasteiger partial charge in [0.05, 0.1) is 0 Å². The van der Waals surface area contributed by atoms with E-state index in [1.807, 2.05) is 20.8 Å². The van der Waals surface area contributed by atoms with Crippen LogP contribution < -0.4 is 0 Å². The number of ether oxygens (including phenoxy) is 1. The summed E-state index contributed by atoms with van der Waals surface area (Å²) < 4.78 is 4.83. The molecule has 60 valence electrons. The van der Waals surface area contributed by atoms with Gasteiger partial charge in [0.25, 0.3) is 0 Å². The fourth-order valence-corrected chi connectivity index (χ4v) is 0.204. The van der Waals surface area contributed by atoms with Crippen molar-refractivity contribution in [3.05, 3.63) is 0 Å². The zero-order valence-corrected chi connectivity index (χ0v) is 6.68. The molecule has 0 rings (SSSR count). The summed E-state index contributed by atoms with van der Waals surface area (Å²) in [4.78, 5) is 0. The molecule has 0 radical (unpaired) electrons. The third-order valence-corrected chi connectivity index (χ3v) is 0.632. The molecule has 0 aromatic heterocycles. The Morgan fingerprint density at radius 1 is 1.10 bits per heavy atom. The van der Waals surface area contributed by atoms with Crippen molar-refractivity contribution in [1.82, 2.24) is 0 Å². The van der Waals surface area contributed by atoms with Gasteiger partial charge in [-0.25, -0.2) is 0 Å². The molecule has 0 saturated heterocycles. The average Bonchev–Trinajstić information content (AvgIpc) is 1.91. The first kappa shape index (κ1) is 17.1. The minimum absolute atomic E-state index is 0. The predicted octanol–water partition coefficient (Wildman–Crippen LogP) is 0.783. The quantitative estimate of drug-likeness (QED) is 0.615. The third-order valence-electron chi connectivity index (χ3n) is 0.632. The van der Waals surface area contributed by atoms with E-state index in [0.29, 0.717) is 6.61 Å². The Balaban J connectivity index is -0.0000000910. The molecule has 0 fully saturated rings. The second-order valence-corrected chi connectivity index (χ2v) is 1.51. The fourth-order valence-electron chi connectivity index (χ4n) is 0.204. The molecule has 0 aromatic rings. The summed E-state index contributed by atoms with van der Waals surface area (Å²) in [5.74, 6) is 0. The number of aliphatic hydroxyl groups excluding tert-OH is 1. The van der Waals surface area contributed by atoms with Crippen LogP contribution in [0.4, 0.5) is 0 Å². The van der Waals surface area contributed by atoms with Gasteiger partial charge in [0, 0.05) is 19.8 Å². The first-order valence-corrected chi connectivity index (χ1v) is 3.51. The van der Waals surface area contributed by atoms with Crippen molar-refractivity contribution in [3.63, 3.8) is 0 Å². The van der Waals surface area contributed by atoms with Crippen LogP contribution in [0.15, 0.2) is 0 Å². The van der Waals surface area contributed by atoms with Crippen molar-refractivity contribution in [2.24, 2.45) is 0 Å². The van der Waals surface area contributed by atoms with Crippen LogP contribution >= 0.6 is 0 Å². The van der Waals surface area contributed by atoms with Gasteiger partial charge >= 0.3 is 29.6 Å². The van der Waals surface area contributed by atoms with E-state index in [4.69, 9.17) is 9.84 Å². The number of hydrogen-bond acceptors (Lipinski definition) is 2. The second kappa shape index (κ2) is 22.5. The van der Waals surface area contributed by atoms with Crippen LogP contribution in [0, 0.1) is 0 Å². The fraction of sp³-hybridized carbons (Fsp3) is 1.00. The zero-order valence-electron chi connectivity index (χ0n) is 6.68. The molecule has 0 aliphatic carbocycles. The van der Waals surface area contributed by atoms with Gasteiger partial charge in [-0.1, -0.05) is 6.92 Å². The molecule has 10 heavy (non-hydrogen) atoms. The van der Waals surface area contributed by atoms with Crippen LogP contribution in [0.1, 0.15) is 27.2 Å². The van der Waals surface area contributed by atoms with E-state index in [9.17, 15) is 0 Å². The summed E-state index contributed by atoms with van der Waals surface area (Å²) in [7, 11) is 0. The molecule has 3 heteroatoms. The van der Waals surface area contributed by atoms with E-state index >= 15 is 0 Å². The SMILES string of the molecule is CCCO.CCOCC.[NaH]. The van der Waals surface area contributed by atoms with Crippen LogP contribution in [0.5, 0.6) is 0 Å². The third kappa shape index (κ3) is 36.4. The summed E-state index contributed by atoms with van der Waals surface area (Å²) in [6.45, 7) is 7.92. The first-order valence-electron chi connectivity index (χ1n) is 3.51. The second-order valence-electron chi connectivity index (χ2n) is 1.51. The van der Waals surface area contributed by atoms with Crippen molar-refractivity contribution in [3.8, 4) is 0 Å². The molecule has 1 N–H and O–H groups in total. The summed E-state index contributed by atoms with van der Waals surface area (Å²) >= 11 is 0. The molecule has 0 unspecified atom stereocenters. The van der Waals surface area contributed by atoms with Crippen LogP contribution in [0.2, 0.25) is 0 Å². The summed E-state index contributed by atoms with van der Waals surface area (Å²) in [6, 6.07) is 0. The molecule has 0 bridgehead atoms. The maximum absolute atomic E-state index is 7.88. The van der Waals surface area contributed by atoms with Crippen molar-refractivity contribution >= 4 is 29.6 Å². The Morgan fingerprint density at radius 3 is 1.40 bits per heavy atom. The maximum atomic E-state index is 7.88. The Morgan fingerprint density at radius 2 is 1.40 bits per heavy atom. The van der Waals surface area contributed by atoms with E-state index in [0.717, 1.165) is 19.6 Å². The van der Waals surface area contributed by atoms with Gasteiger partial charge in [-0.05, 0) is 20.3 Å². The summed E-state index contributed by atoms with van der Waals surface area (Å²) in [6.07, 6.45) is 0.875. The van der Waals surface area contributed by atoms with Crippen molar-refractivity contribution < 1.29 is 9.84 Å². The average molecular weight is 158 g/mol. The van der Waals surface area contributed by atoms with Crippen molar-refractivity contribution in [2.45, 2.75) is 27.2 Å².